The monoisotopic (exact) mass is 344 g/mol. The zero-order valence-electron chi connectivity index (χ0n) is 14.4. The van der Waals surface area contributed by atoms with Crippen LogP contribution < -0.4 is 10.6 Å². The zero-order chi connectivity index (χ0) is 17.4. The van der Waals surface area contributed by atoms with E-state index >= 15 is 0 Å². The summed E-state index contributed by atoms with van der Waals surface area (Å²) < 4.78 is 0. The topological polar surface area (TPSA) is 41.1 Å². The molecule has 0 aromatic heterocycles. The lowest BCUT2D eigenvalue weighted by atomic mass is 10.1. The van der Waals surface area contributed by atoms with E-state index in [0.29, 0.717) is 23.7 Å². The number of aryl methyl sites for hydroxylation is 1. The second kappa shape index (κ2) is 9.33. The van der Waals surface area contributed by atoms with E-state index in [1.165, 1.54) is 24.0 Å². The van der Waals surface area contributed by atoms with Crippen LogP contribution in [0.2, 0.25) is 5.02 Å². The fraction of sp³-hybridized carbons (Fsp3) is 0.350. The molecule has 24 heavy (non-hydrogen) atoms. The maximum atomic E-state index is 12.2. The second-order valence-corrected chi connectivity index (χ2v) is 6.26. The standard InChI is InChI=1S/C20H25ClN2O/c1-3-5-6-15-7-9-16(10-8-15)14-23-19-12-11-17(21)13-18(19)20(24)22-4-2/h7-13,23H,3-6,14H2,1-2H3,(H,22,24). The van der Waals surface area contributed by atoms with E-state index in [4.69, 9.17) is 11.6 Å². The molecule has 0 aliphatic heterocycles. The van der Waals surface area contributed by atoms with Gasteiger partial charge < -0.3 is 10.6 Å². The SMILES string of the molecule is CCCCc1ccc(CNc2ccc(Cl)cc2C(=O)NCC)cc1. The minimum Gasteiger partial charge on any atom is -0.380 e. The number of hydrogen-bond donors (Lipinski definition) is 2. The molecule has 0 unspecified atom stereocenters. The summed E-state index contributed by atoms with van der Waals surface area (Å²) in [5, 5.41) is 6.71. The fourth-order valence-corrected chi connectivity index (χ4v) is 2.69. The lowest BCUT2D eigenvalue weighted by Crippen LogP contribution is -2.23. The van der Waals surface area contributed by atoms with Crippen LogP contribution in [0, 0.1) is 0 Å². The fourth-order valence-electron chi connectivity index (χ4n) is 2.52. The van der Waals surface area contributed by atoms with E-state index in [0.717, 1.165) is 12.1 Å². The molecular weight excluding hydrogens is 320 g/mol. The first-order valence-electron chi connectivity index (χ1n) is 8.53. The molecule has 2 aromatic carbocycles. The van der Waals surface area contributed by atoms with Gasteiger partial charge in [-0.05, 0) is 49.1 Å². The van der Waals surface area contributed by atoms with Crippen LogP contribution in [-0.4, -0.2) is 12.5 Å². The molecule has 0 saturated carbocycles. The number of rotatable bonds is 8. The molecule has 0 saturated heterocycles. The summed E-state index contributed by atoms with van der Waals surface area (Å²) in [6.45, 7) is 5.36. The lowest BCUT2D eigenvalue weighted by Gasteiger charge is -2.13. The minimum atomic E-state index is -0.114. The molecule has 0 aliphatic carbocycles. The third-order valence-corrected chi connectivity index (χ3v) is 4.12. The maximum Gasteiger partial charge on any atom is 0.253 e. The van der Waals surface area contributed by atoms with Gasteiger partial charge in [-0.2, -0.15) is 0 Å². The van der Waals surface area contributed by atoms with Crippen molar-refractivity contribution in [2.45, 2.75) is 39.7 Å². The highest BCUT2D eigenvalue weighted by atomic mass is 35.5. The third kappa shape index (κ3) is 5.27. The molecule has 0 radical (unpaired) electrons. The molecule has 2 N–H and O–H groups in total. The van der Waals surface area contributed by atoms with Gasteiger partial charge in [-0.25, -0.2) is 0 Å². The molecule has 0 fully saturated rings. The largest absolute Gasteiger partial charge is 0.380 e. The summed E-state index contributed by atoms with van der Waals surface area (Å²) in [6, 6.07) is 14.0. The molecule has 128 valence electrons. The van der Waals surface area contributed by atoms with Gasteiger partial charge >= 0.3 is 0 Å². The predicted octanol–water partition coefficient (Wildman–Crippen LogP) is 5.04. The first kappa shape index (κ1) is 18.3. The van der Waals surface area contributed by atoms with E-state index in [1.54, 1.807) is 12.1 Å². The highest BCUT2D eigenvalue weighted by Gasteiger charge is 2.11. The summed E-state index contributed by atoms with van der Waals surface area (Å²) >= 11 is 6.03. The summed E-state index contributed by atoms with van der Waals surface area (Å²) in [7, 11) is 0. The first-order chi connectivity index (χ1) is 11.6. The summed E-state index contributed by atoms with van der Waals surface area (Å²) in [5.41, 5.74) is 3.92. The van der Waals surface area contributed by atoms with Crippen molar-refractivity contribution in [3.8, 4) is 0 Å². The van der Waals surface area contributed by atoms with Crippen molar-refractivity contribution in [2.75, 3.05) is 11.9 Å². The molecule has 0 spiro atoms. The van der Waals surface area contributed by atoms with Gasteiger partial charge in [0, 0.05) is 23.8 Å². The number of benzene rings is 2. The molecular formula is C20H25ClN2O. The Kier molecular flexibility index (Phi) is 7.13. The summed E-state index contributed by atoms with van der Waals surface area (Å²) in [6.07, 6.45) is 3.56. The molecule has 2 aromatic rings. The predicted molar refractivity (Wildman–Crippen MR) is 102 cm³/mol. The molecule has 2 rings (SSSR count). The molecule has 3 nitrogen and oxygen atoms in total. The Morgan fingerprint density at radius 2 is 1.75 bits per heavy atom. The average molecular weight is 345 g/mol. The number of amides is 1. The van der Waals surface area contributed by atoms with Crippen molar-refractivity contribution in [1.29, 1.82) is 0 Å². The normalized spacial score (nSPS) is 10.5. The molecule has 4 heteroatoms. The second-order valence-electron chi connectivity index (χ2n) is 5.82. The van der Waals surface area contributed by atoms with Gasteiger partial charge in [0.25, 0.3) is 5.91 Å². The number of hydrogen-bond acceptors (Lipinski definition) is 2. The van der Waals surface area contributed by atoms with Crippen LogP contribution in [0.4, 0.5) is 5.69 Å². The van der Waals surface area contributed by atoms with Crippen LogP contribution >= 0.6 is 11.6 Å². The van der Waals surface area contributed by atoms with Crippen LogP contribution in [0.3, 0.4) is 0 Å². The smallest absolute Gasteiger partial charge is 0.253 e. The average Bonchev–Trinajstić information content (AvgIpc) is 2.60. The Labute approximate surface area is 149 Å². The van der Waals surface area contributed by atoms with Crippen LogP contribution in [0.5, 0.6) is 0 Å². The third-order valence-electron chi connectivity index (χ3n) is 3.89. The van der Waals surface area contributed by atoms with Gasteiger partial charge in [0.2, 0.25) is 0 Å². The van der Waals surface area contributed by atoms with Crippen molar-refractivity contribution < 1.29 is 4.79 Å². The number of carbonyl (C=O) groups is 1. The summed E-state index contributed by atoms with van der Waals surface area (Å²) in [5.74, 6) is -0.114. The van der Waals surface area contributed by atoms with Crippen molar-refractivity contribution in [3.63, 3.8) is 0 Å². The number of anilines is 1. The van der Waals surface area contributed by atoms with E-state index in [2.05, 4.69) is 41.8 Å². The maximum absolute atomic E-state index is 12.2. The highest BCUT2D eigenvalue weighted by Crippen LogP contribution is 2.21. The molecule has 0 bridgehead atoms. The van der Waals surface area contributed by atoms with Gasteiger partial charge in [-0.3, -0.25) is 4.79 Å². The van der Waals surface area contributed by atoms with E-state index < -0.39 is 0 Å². The number of carbonyl (C=O) groups excluding carboxylic acids is 1. The lowest BCUT2D eigenvalue weighted by molar-refractivity contribution is 0.0956. The molecule has 0 heterocycles. The van der Waals surface area contributed by atoms with Crippen LogP contribution in [0.15, 0.2) is 42.5 Å². The Bertz CT molecular complexity index is 668. The zero-order valence-corrected chi connectivity index (χ0v) is 15.1. The van der Waals surface area contributed by atoms with E-state index in [1.807, 2.05) is 13.0 Å². The van der Waals surface area contributed by atoms with Crippen molar-refractivity contribution >= 4 is 23.2 Å². The van der Waals surface area contributed by atoms with Gasteiger partial charge in [-0.1, -0.05) is 49.2 Å². The van der Waals surface area contributed by atoms with E-state index in [9.17, 15) is 4.79 Å². The Balaban J connectivity index is 2.04. The number of unbranched alkanes of at least 4 members (excludes halogenated alkanes) is 1. The van der Waals surface area contributed by atoms with Gasteiger partial charge in [0.05, 0.1) is 5.56 Å². The summed E-state index contributed by atoms with van der Waals surface area (Å²) in [4.78, 5) is 12.2. The van der Waals surface area contributed by atoms with Crippen molar-refractivity contribution in [3.05, 3.63) is 64.2 Å². The van der Waals surface area contributed by atoms with Crippen molar-refractivity contribution in [1.82, 2.24) is 5.32 Å². The Morgan fingerprint density at radius 1 is 1.04 bits per heavy atom. The van der Waals surface area contributed by atoms with Crippen LogP contribution in [0.1, 0.15) is 48.2 Å². The number of halogens is 1. The van der Waals surface area contributed by atoms with Gasteiger partial charge in [0.1, 0.15) is 0 Å². The van der Waals surface area contributed by atoms with Gasteiger partial charge in [-0.15, -0.1) is 0 Å². The number of nitrogens with one attached hydrogen (secondary N) is 2. The molecule has 1 amide bonds. The Hall–Kier alpha value is -2.00. The Morgan fingerprint density at radius 3 is 2.42 bits per heavy atom. The minimum absolute atomic E-state index is 0.114. The highest BCUT2D eigenvalue weighted by molar-refractivity contribution is 6.31. The van der Waals surface area contributed by atoms with Crippen LogP contribution in [-0.2, 0) is 13.0 Å². The van der Waals surface area contributed by atoms with Crippen LogP contribution in [0.25, 0.3) is 0 Å². The van der Waals surface area contributed by atoms with Gasteiger partial charge in [0.15, 0.2) is 0 Å². The van der Waals surface area contributed by atoms with Crippen molar-refractivity contribution in [2.24, 2.45) is 0 Å². The quantitative estimate of drug-likeness (QED) is 0.704. The molecule has 0 atom stereocenters. The molecule has 0 aliphatic rings. The first-order valence-corrected chi connectivity index (χ1v) is 8.91. The van der Waals surface area contributed by atoms with E-state index in [-0.39, 0.29) is 5.91 Å².